The minimum Gasteiger partial charge on any atom is -0.377 e. The molecule has 1 heterocycles. The summed E-state index contributed by atoms with van der Waals surface area (Å²) in [5.41, 5.74) is 2.83. The zero-order chi connectivity index (χ0) is 14.9. The zero-order valence-electron chi connectivity index (χ0n) is 13.4. The van der Waals surface area contributed by atoms with E-state index < -0.39 is 0 Å². The van der Waals surface area contributed by atoms with E-state index in [1.54, 1.807) is 0 Å². The van der Waals surface area contributed by atoms with Gasteiger partial charge < -0.3 is 10.1 Å². The molecule has 0 aromatic heterocycles. The summed E-state index contributed by atoms with van der Waals surface area (Å²) in [7, 11) is 0. The summed E-state index contributed by atoms with van der Waals surface area (Å²) in [6.07, 6.45) is 5.26. The van der Waals surface area contributed by atoms with E-state index >= 15 is 0 Å². The van der Waals surface area contributed by atoms with Crippen LogP contribution in [0.2, 0.25) is 0 Å². The fraction of sp³-hybridized carbons (Fsp3) is 0.667. The van der Waals surface area contributed by atoms with Crippen molar-refractivity contribution in [3.05, 3.63) is 35.4 Å². The third-order valence-electron chi connectivity index (χ3n) is 4.04. The van der Waals surface area contributed by atoms with Gasteiger partial charge in [-0.05, 0) is 43.4 Å². The summed E-state index contributed by atoms with van der Waals surface area (Å²) in [5.74, 6) is 2.27. The fourth-order valence-corrected chi connectivity index (χ4v) is 3.88. The van der Waals surface area contributed by atoms with Gasteiger partial charge in [0.15, 0.2) is 0 Å². The molecule has 1 N–H and O–H groups in total. The van der Waals surface area contributed by atoms with Crippen LogP contribution < -0.4 is 5.32 Å². The predicted octanol–water partition coefficient (Wildman–Crippen LogP) is 4.20. The normalized spacial score (nSPS) is 19.8. The maximum atomic E-state index is 5.71. The molecule has 0 spiro atoms. The summed E-state index contributed by atoms with van der Waals surface area (Å²) in [6.45, 7) is 6.48. The summed E-state index contributed by atoms with van der Waals surface area (Å²) >= 11 is 2.03. The number of hydrogen-bond donors (Lipinski definition) is 1. The lowest BCUT2D eigenvalue weighted by Gasteiger charge is -2.20. The second-order valence-corrected chi connectivity index (χ2v) is 6.85. The van der Waals surface area contributed by atoms with Gasteiger partial charge in [0, 0.05) is 24.2 Å². The number of ether oxygens (including phenoxy) is 1. The Bertz CT molecular complexity index is 387. The van der Waals surface area contributed by atoms with Gasteiger partial charge in [0.2, 0.25) is 0 Å². The quantitative estimate of drug-likeness (QED) is 0.738. The maximum Gasteiger partial charge on any atom is 0.0666 e. The molecule has 1 aliphatic rings. The molecule has 1 fully saturated rings. The lowest BCUT2D eigenvalue weighted by molar-refractivity contribution is 0.129. The number of hydrogen-bond acceptors (Lipinski definition) is 3. The van der Waals surface area contributed by atoms with Crippen molar-refractivity contribution in [3.8, 4) is 0 Å². The summed E-state index contributed by atoms with van der Waals surface area (Å²) in [4.78, 5) is 0. The summed E-state index contributed by atoms with van der Waals surface area (Å²) in [5, 5.41) is 3.69. The molecule has 0 radical (unpaired) electrons. The van der Waals surface area contributed by atoms with Crippen LogP contribution in [0, 0.1) is 0 Å². The van der Waals surface area contributed by atoms with Crippen molar-refractivity contribution in [2.75, 3.05) is 24.7 Å². The third-order valence-corrected chi connectivity index (χ3v) is 5.22. The second kappa shape index (κ2) is 9.50. The number of benzene rings is 1. The van der Waals surface area contributed by atoms with E-state index in [9.17, 15) is 0 Å². The topological polar surface area (TPSA) is 21.3 Å². The lowest BCUT2D eigenvalue weighted by Crippen LogP contribution is -2.25. The van der Waals surface area contributed by atoms with Gasteiger partial charge in [-0.1, -0.05) is 38.1 Å². The average Bonchev–Trinajstić information content (AvgIpc) is 3.04. The molecule has 0 bridgehead atoms. The Kier molecular flexibility index (Phi) is 7.62. The molecule has 2 rings (SSSR count). The van der Waals surface area contributed by atoms with Crippen LogP contribution in [0.25, 0.3) is 0 Å². The number of aryl methyl sites for hydroxylation is 1. The largest absolute Gasteiger partial charge is 0.377 e. The van der Waals surface area contributed by atoms with Crippen LogP contribution in [0.4, 0.5) is 0 Å². The minimum absolute atomic E-state index is 0.460. The van der Waals surface area contributed by atoms with Gasteiger partial charge in [0.25, 0.3) is 0 Å². The van der Waals surface area contributed by atoms with E-state index in [2.05, 4.69) is 43.4 Å². The van der Waals surface area contributed by atoms with Crippen LogP contribution in [0.3, 0.4) is 0 Å². The van der Waals surface area contributed by atoms with E-state index in [0.29, 0.717) is 12.1 Å². The Morgan fingerprint density at radius 3 is 2.71 bits per heavy atom. The molecule has 1 saturated heterocycles. The van der Waals surface area contributed by atoms with E-state index in [0.717, 1.165) is 31.1 Å². The Morgan fingerprint density at radius 1 is 1.29 bits per heavy atom. The average molecular weight is 308 g/mol. The van der Waals surface area contributed by atoms with Crippen molar-refractivity contribution in [1.29, 1.82) is 0 Å². The Labute approximate surface area is 134 Å². The minimum atomic E-state index is 0.460. The van der Waals surface area contributed by atoms with E-state index in [-0.39, 0.29) is 0 Å². The Balaban J connectivity index is 1.85. The molecule has 1 aromatic rings. The smallest absolute Gasteiger partial charge is 0.0666 e. The summed E-state index contributed by atoms with van der Waals surface area (Å²) < 4.78 is 5.71. The molecule has 0 amide bonds. The van der Waals surface area contributed by atoms with Gasteiger partial charge in [0.05, 0.1) is 6.10 Å². The molecular weight excluding hydrogens is 278 g/mol. The van der Waals surface area contributed by atoms with Gasteiger partial charge >= 0.3 is 0 Å². The van der Waals surface area contributed by atoms with E-state index in [1.807, 2.05) is 11.8 Å². The van der Waals surface area contributed by atoms with Crippen molar-refractivity contribution >= 4 is 11.8 Å². The molecular formula is C18H29NOS. The summed E-state index contributed by atoms with van der Waals surface area (Å²) in [6, 6.07) is 9.57. The van der Waals surface area contributed by atoms with Gasteiger partial charge in [-0.3, -0.25) is 0 Å². The van der Waals surface area contributed by atoms with Gasteiger partial charge in [-0.2, -0.15) is 11.8 Å². The van der Waals surface area contributed by atoms with Crippen LogP contribution in [0.15, 0.2) is 24.3 Å². The lowest BCUT2D eigenvalue weighted by atomic mass is 10.0. The highest BCUT2D eigenvalue weighted by Crippen LogP contribution is 2.23. The molecule has 118 valence electrons. The highest BCUT2D eigenvalue weighted by molar-refractivity contribution is 7.99. The molecule has 2 unspecified atom stereocenters. The van der Waals surface area contributed by atoms with Crippen LogP contribution in [-0.4, -0.2) is 30.8 Å². The molecule has 1 aliphatic heterocycles. The predicted molar refractivity (Wildman–Crippen MR) is 93.2 cm³/mol. The molecule has 2 atom stereocenters. The molecule has 0 saturated carbocycles. The van der Waals surface area contributed by atoms with Crippen molar-refractivity contribution in [2.24, 2.45) is 0 Å². The van der Waals surface area contributed by atoms with Crippen LogP contribution in [-0.2, 0) is 11.2 Å². The maximum absolute atomic E-state index is 5.71. The van der Waals surface area contributed by atoms with Crippen LogP contribution in [0.1, 0.15) is 50.3 Å². The Hall–Kier alpha value is -0.510. The first-order valence-corrected chi connectivity index (χ1v) is 9.50. The highest BCUT2D eigenvalue weighted by Gasteiger charge is 2.17. The number of thioether (sulfide) groups is 1. The van der Waals surface area contributed by atoms with Crippen molar-refractivity contribution < 1.29 is 4.74 Å². The fourth-order valence-electron chi connectivity index (χ4n) is 2.67. The standard InChI is InChI=1S/C18H29NOS/c1-3-11-19-18(14-21-13-17-6-5-12-20-17)16-9-7-15(4-2)8-10-16/h7-10,17-19H,3-6,11-14H2,1-2H3. The molecule has 0 aliphatic carbocycles. The first-order chi connectivity index (χ1) is 10.3. The second-order valence-electron chi connectivity index (χ2n) is 5.77. The first kappa shape index (κ1) is 16.9. The molecule has 3 heteroatoms. The van der Waals surface area contributed by atoms with Crippen molar-refractivity contribution in [3.63, 3.8) is 0 Å². The monoisotopic (exact) mass is 307 g/mol. The van der Waals surface area contributed by atoms with Crippen LogP contribution >= 0.6 is 11.8 Å². The molecule has 2 nitrogen and oxygen atoms in total. The highest BCUT2D eigenvalue weighted by atomic mass is 32.2. The van der Waals surface area contributed by atoms with Gasteiger partial charge in [-0.25, -0.2) is 0 Å². The van der Waals surface area contributed by atoms with Gasteiger partial charge in [0.1, 0.15) is 0 Å². The third kappa shape index (κ3) is 5.65. The molecule has 21 heavy (non-hydrogen) atoms. The van der Waals surface area contributed by atoms with Gasteiger partial charge in [-0.15, -0.1) is 0 Å². The van der Waals surface area contributed by atoms with Crippen LogP contribution in [0.5, 0.6) is 0 Å². The van der Waals surface area contributed by atoms with E-state index in [1.165, 1.54) is 30.4 Å². The number of rotatable bonds is 9. The van der Waals surface area contributed by atoms with E-state index in [4.69, 9.17) is 4.74 Å². The number of nitrogens with one attached hydrogen (secondary N) is 1. The Morgan fingerprint density at radius 2 is 2.10 bits per heavy atom. The first-order valence-electron chi connectivity index (χ1n) is 8.35. The van der Waals surface area contributed by atoms with Crippen molar-refractivity contribution in [1.82, 2.24) is 5.32 Å². The molecule has 1 aromatic carbocycles. The SMILES string of the molecule is CCCNC(CSCC1CCCO1)c1ccc(CC)cc1. The zero-order valence-corrected chi connectivity index (χ0v) is 14.3. The van der Waals surface area contributed by atoms with Crippen molar-refractivity contribution in [2.45, 2.75) is 51.7 Å².